The van der Waals surface area contributed by atoms with Crippen LogP contribution < -0.4 is 0 Å². The minimum atomic E-state index is -0.512. The van der Waals surface area contributed by atoms with Gasteiger partial charge < -0.3 is 9.26 Å². The fourth-order valence-electron chi connectivity index (χ4n) is 1.44. The van der Waals surface area contributed by atoms with Gasteiger partial charge >= 0.3 is 5.97 Å². The van der Waals surface area contributed by atoms with Gasteiger partial charge in [-0.05, 0) is 29.8 Å². The Hall–Kier alpha value is -1.63. The zero-order valence-electron chi connectivity index (χ0n) is 10.0. The van der Waals surface area contributed by atoms with E-state index in [1.807, 2.05) is 13.1 Å². The van der Waals surface area contributed by atoms with Gasteiger partial charge in [-0.2, -0.15) is 5.10 Å². The van der Waals surface area contributed by atoms with Crippen LogP contribution in [0.3, 0.4) is 0 Å². The van der Waals surface area contributed by atoms with Gasteiger partial charge in [0.15, 0.2) is 5.76 Å². The molecule has 0 N–H and O–H groups in total. The van der Waals surface area contributed by atoms with Gasteiger partial charge in [-0.25, -0.2) is 4.79 Å². The third-order valence-corrected chi connectivity index (χ3v) is 3.06. The van der Waals surface area contributed by atoms with Crippen molar-refractivity contribution in [3.63, 3.8) is 0 Å². The molecule has 0 atom stereocenters. The predicted octanol–water partition coefficient (Wildman–Crippen LogP) is 2.50. The molecule has 0 fully saturated rings. The maximum Gasteiger partial charge on any atom is 0.361 e. The van der Waals surface area contributed by atoms with E-state index in [1.165, 1.54) is 0 Å². The number of nitrogens with zero attached hydrogens (tertiary/aromatic N) is 3. The van der Waals surface area contributed by atoms with Crippen molar-refractivity contribution in [2.75, 3.05) is 6.61 Å². The molecule has 2 aromatic rings. The lowest BCUT2D eigenvalue weighted by atomic mass is 10.2. The average molecular weight is 314 g/mol. The molecule has 6 nitrogen and oxygen atoms in total. The third kappa shape index (κ3) is 2.31. The van der Waals surface area contributed by atoms with Crippen LogP contribution in [0.1, 0.15) is 24.3 Å². The molecular formula is C11H12BrN3O3. The number of aryl methyl sites for hydroxylation is 1. The second-order valence-corrected chi connectivity index (χ2v) is 4.27. The van der Waals surface area contributed by atoms with Gasteiger partial charge in [-0.3, -0.25) is 4.68 Å². The fourth-order valence-corrected chi connectivity index (χ4v) is 1.97. The Labute approximate surface area is 112 Å². The van der Waals surface area contributed by atoms with Crippen molar-refractivity contribution >= 4 is 21.9 Å². The monoisotopic (exact) mass is 313 g/mol. The first-order valence-corrected chi connectivity index (χ1v) is 6.31. The maximum atomic E-state index is 11.6. The van der Waals surface area contributed by atoms with E-state index >= 15 is 0 Å². The van der Waals surface area contributed by atoms with Crippen LogP contribution in [0.25, 0.3) is 11.3 Å². The molecule has 0 bridgehead atoms. The number of hydrogen-bond acceptors (Lipinski definition) is 5. The molecule has 7 heteroatoms. The molecule has 0 spiro atoms. The molecule has 0 saturated heterocycles. The summed E-state index contributed by atoms with van der Waals surface area (Å²) in [5, 5.41) is 7.85. The molecule has 0 aromatic carbocycles. The molecule has 2 rings (SSSR count). The summed E-state index contributed by atoms with van der Waals surface area (Å²) >= 11 is 3.30. The molecule has 0 unspecified atom stereocenters. The van der Waals surface area contributed by atoms with Crippen molar-refractivity contribution in [2.24, 2.45) is 0 Å². The van der Waals surface area contributed by atoms with Crippen molar-refractivity contribution in [2.45, 2.75) is 20.4 Å². The average Bonchev–Trinajstić information content (AvgIpc) is 2.95. The maximum absolute atomic E-state index is 11.6. The predicted molar refractivity (Wildman–Crippen MR) is 67.1 cm³/mol. The van der Waals surface area contributed by atoms with Crippen molar-refractivity contribution in [3.8, 4) is 11.3 Å². The highest BCUT2D eigenvalue weighted by molar-refractivity contribution is 9.10. The third-order valence-electron chi connectivity index (χ3n) is 2.32. The molecule has 2 heterocycles. The number of hydrogen-bond donors (Lipinski definition) is 0. The summed E-state index contributed by atoms with van der Waals surface area (Å²) in [4.78, 5) is 11.6. The van der Waals surface area contributed by atoms with E-state index in [4.69, 9.17) is 9.26 Å². The number of halogens is 1. The zero-order valence-corrected chi connectivity index (χ0v) is 11.6. The number of esters is 1. The van der Waals surface area contributed by atoms with Gasteiger partial charge in [0.05, 0.1) is 18.4 Å². The molecular weight excluding hydrogens is 302 g/mol. The second kappa shape index (κ2) is 5.34. The Bertz CT molecular complexity index is 562. The smallest absolute Gasteiger partial charge is 0.361 e. The number of carbonyl (C=O) groups excluding carboxylic acids is 1. The Morgan fingerprint density at radius 3 is 2.94 bits per heavy atom. The molecule has 0 saturated carbocycles. The summed E-state index contributed by atoms with van der Waals surface area (Å²) in [6.45, 7) is 4.77. The van der Waals surface area contributed by atoms with Crippen LogP contribution in [0, 0.1) is 0 Å². The summed E-state index contributed by atoms with van der Waals surface area (Å²) in [5.74, 6) is -0.0417. The number of rotatable bonds is 4. The van der Waals surface area contributed by atoms with Gasteiger partial charge in [0.25, 0.3) is 0 Å². The SMILES string of the molecule is CCOC(=O)c1noc(-c2cnn(CC)c2)c1Br. The van der Waals surface area contributed by atoms with E-state index in [0.29, 0.717) is 16.8 Å². The highest BCUT2D eigenvalue weighted by atomic mass is 79.9. The second-order valence-electron chi connectivity index (χ2n) is 3.48. The number of ether oxygens (including phenoxy) is 1. The largest absolute Gasteiger partial charge is 0.461 e. The van der Waals surface area contributed by atoms with E-state index in [2.05, 4.69) is 26.2 Å². The lowest BCUT2D eigenvalue weighted by Crippen LogP contribution is -2.05. The zero-order chi connectivity index (χ0) is 13.1. The first-order valence-electron chi connectivity index (χ1n) is 5.52. The Morgan fingerprint density at radius 1 is 1.56 bits per heavy atom. The molecule has 0 radical (unpaired) electrons. The van der Waals surface area contributed by atoms with Crippen LogP contribution in [0.2, 0.25) is 0 Å². The lowest BCUT2D eigenvalue weighted by molar-refractivity contribution is 0.0513. The molecule has 0 aliphatic rings. The Balaban J connectivity index is 2.33. The Kier molecular flexibility index (Phi) is 3.81. The molecule has 0 aliphatic heterocycles. The number of carbonyl (C=O) groups is 1. The minimum Gasteiger partial charge on any atom is -0.461 e. The minimum absolute atomic E-state index is 0.135. The van der Waals surface area contributed by atoms with Gasteiger partial charge in [0.2, 0.25) is 5.69 Å². The lowest BCUT2D eigenvalue weighted by Gasteiger charge is -1.96. The number of aromatic nitrogens is 3. The summed E-state index contributed by atoms with van der Waals surface area (Å²) in [5.41, 5.74) is 0.892. The van der Waals surface area contributed by atoms with Crippen molar-refractivity contribution < 1.29 is 14.1 Å². The fraction of sp³-hybridized carbons (Fsp3) is 0.364. The Morgan fingerprint density at radius 2 is 2.33 bits per heavy atom. The van der Waals surface area contributed by atoms with Gasteiger partial charge in [-0.1, -0.05) is 5.16 Å². The summed E-state index contributed by atoms with van der Waals surface area (Å²) in [7, 11) is 0. The molecule has 96 valence electrons. The van der Waals surface area contributed by atoms with Crippen LogP contribution in [-0.4, -0.2) is 27.5 Å². The van der Waals surface area contributed by atoms with Crippen molar-refractivity contribution in [3.05, 3.63) is 22.6 Å². The van der Waals surface area contributed by atoms with E-state index in [1.54, 1.807) is 17.8 Å². The van der Waals surface area contributed by atoms with E-state index in [0.717, 1.165) is 12.1 Å². The molecule has 0 aliphatic carbocycles. The summed E-state index contributed by atoms with van der Waals surface area (Å²) in [6.07, 6.45) is 3.48. The summed E-state index contributed by atoms with van der Waals surface area (Å²) in [6, 6.07) is 0. The van der Waals surface area contributed by atoms with Crippen LogP contribution in [-0.2, 0) is 11.3 Å². The topological polar surface area (TPSA) is 70.2 Å². The molecule has 18 heavy (non-hydrogen) atoms. The van der Waals surface area contributed by atoms with Crippen LogP contribution in [0.4, 0.5) is 0 Å². The van der Waals surface area contributed by atoms with Gasteiger partial charge in [0, 0.05) is 12.7 Å². The van der Waals surface area contributed by atoms with E-state index < -0.39 is 5.97 Å². The molecule has 0 amide bonds. The van der Waals surface area contributed by atoms with Gasteiger partial charge in [0.1, 0.15) is 4.47 Å². The van der Waals surface area contributed by atoms with Crippen LogP contribution >= 0.6 is 15.9 Å². The normalized spacial score (nSPS) is 10.6. The van der Waals surface area contributed by atoms with Crippen molar-refractivity contribution in [1.82, 2.24) is 14.9 Å². The first kappa shape index (κ1) is 12.8. The van der Waals surface area contributed by atoms with E-state index in [-0.39, 0.29) is 5.69 Å². The van der Waals surface area contributed by atoms with Crippen molar-refractivity contribution in [1.29, 1.82) is 0 Å². The molecule has 2 aromatic heterocycles. The van der Waals surface area contributed by atoms with Crippen LogP contribution in [0.5, 0.6) is 0 Å². The highest BCUT2D eigenvalue weighted by Gasteiger charge is 2.22. The first-order chi connectivity index (χ1) is 8.67. The van der Waals surface area contributed by atoms with E-state index in [9.17, 15) is 4.79 Å². The standard InChI is InChI=1S/C11H12BrN3O3/c1-3-15-6-7(5-13-15)10-8(12)9(14-18-10)11(16)17-4-2/h5-6H,3-4H2,1-2H3. The van der Waals surface area contributed by atoms with Gasteiger partial charge in [-0.15, -0.1) is 0 Å². The highest BCUT2D eigenvalue weighted by Crippen LogP contribution is 2.31. The quantitative estimate of drug-likeness (QED) is 0.811. The summed E-state index contributed by atoms with van der Waals surface area (Å²) < 4.78 is 12.3. The van der Waals surface area contributed by atoms with Crippen LogP contribution in [0.15, 0.2) is 21.4 Å².